The molecule has 0 saturated carbocycles. The van der Waals surface area contributed by atoms with Gasteiger partial charge in [-0.25, -0.2) is 5.43 Å². The zero-order chi connectivity index (χ0) is 20.6. The summed E-state index contributed by atoms with van der Waals surface area (Å²) in [6.45, 7) is 0. The molecule has 0 aliphatic heterocycles. The maximum absolute atomic E-state index is 12.3. The largest absolute Gasteiger partial charge is 0.497 e. The van der Waals surface area contributed by atoms with Crippen molar-refractivity contribution in [3.05, 3.63) is 94.0 Å². The van der Waals surface area contributed by atoms with Crippen molar-refractivity contribution in [2.45, 2.75) is 0 Å². The van der Waals surface area contributed by atoms with Gasteiger partial charge in [-0.3, -0.25) is 9.59 Å². The van der Waals surface area contributed by atoms with Crippen molar-refractivity contribution in [1.82, 2.24) is 5.43 Å². The van der Waals surface area contributed by atoms with Crippen molar-refractivity contribution in [2.75, 3.05) is 12.4 Å². The van der Waals surface area contributed by atoms with Gasteiger partial charge in [0, 0.05) is 21.3 Å². The second kappa shape index (κ2) is 9.66. The van der Waals surface area contributed by atoms with Crippen molar-refractivity contribution in [1.29, 1.82) is 0 Å². The van der Waals surface area contributed by atoms with E-state index in [1.165, 1.54) is 0 Å². The number of halogens is 1. The predicted octanol–water partition coefficient (Wildman–Crippen LogP) is 4.47. The Bertz CT molecular complexity index is 1010. The number of hydrogen-bond donors (Lipinski definition) is 2. The zero-order valence-corrected chi connectivity index (χ0v) is 17.1. The van der Waals surface area contributed by atoms with E-state index in [9.17, 15) is 9.59 Å². The third kappa shape index (κ3) is 5.76. The van der Waals surface area contributed by atoms with E-state index in [4.69, 9.17) is 4.74 Å². The third-order valence-electron chi connectivity index (χ3n) is 4.01. The molecule has 3 aromatic rings. The number of rotatable bonds is 6. The highest BCUT2D eigenvalue weighted by atomic mass is 79.9. The molecule has 0 aliphatic carbocycles. The summed E-state index contributed by atoms with van der Waals surface area (Å²) in [6.07, 6.45) is 1.56. The van der Waals surface area contributed by atoms with Crippen LogP contribution in [0.2, 0.25) is 0 Å². The summed E-state index contributed by atoms with van der Waals surface area (Å²) in [4.78, 5) is 24.4. The number of nitrogens with one attached hydrogen (secondary N) is 2. The first kappa shape index (κ1) is 20.3. The Hall–Kier alpha value is -3.45. The van der Waals surface area contributed by atoms with E-state index in [1.807, 2.05) is 24.3 Å². The molecule has 6 nitrogen and oxygen atoms in total. The van der Waals surface area contributed by atoms with Gasteiger partial charge >= 0.3 is 0 Å². The second-order valence-corrected chi connectivity index (χ2v) is 6.93. The van der Waals surface area contributed by atoms with Crippen LogP contribution in [0.25, 0.3) is 0 Å². The second-order valence-electron chi connectivity index (χ2n) is 6.01. The van der Waals surface area contributed by atoms with Crippen LogP contribution in [0.5, 0.6) is 5.75 Å². The van der Waals surface area contributed by atoms with Crippen LogP contribution >= 0.6 is 15.9 Å². The van der Waals surface area contributed by atoms with E-state index in [2.05, 4.69) is 31.8 Å². The molecule has 0 aromatic heterocycles. The molecule has 7 heteroatoms. The molecule has 0 unspecified atom stereocenters. The first-order valence-corrected chi connectivity index (χ1v) is 9.49. The fraction of sp³-hybridized carbons (Fsp3) is 0.0455. The van der Waals surface area contributed by atoms with E-state index < -0.39 is 0 Å². The lowest BCUT2D eigenvalue weighted by Crippen LogP contribution is -2.17. The van der Waals surface area contributed by atoms with E-state index in [-0.39, 0.29) is 11.8 Å². The van der Waals surface area contributed by atoms with Crippen LogP contribution in [0.3, 0.4) is 0 Å². The lowest BCUT2D eigenvalue weighted by molar-refractivity contribution is 0.0954. The number of nitrogens with zero attached hydrogens (tertiary/aromatic N) is 1. The molecular weight excluding hydrogens is 434 g/mol. The number of ether oxygens (including phenoxy) is 1. The molecule has 3 aromatic carbocycles. The van der Waals surface area contributed by atoms with Gasteiger partial charge in [0.15, 0.2) is 0 Å². The average molecular weight is 452 g/mol. The smallest absolute Gasteiger partial charge is 0.271 e. The Balaban J connectivity index is 1.56. The molecule has 146 valence electrons. The van der Waals surface area contributed by atoms with Gasteiger partial charge < -0.3 is 10.1 Å². The van der Waals surface area contributed by atoms with Crippen LogP contribution < -0.4 is 15.5 Å². The Morgan fingerprint density at radius 2 is 1.45 bits per heavy atom. The summed E-state index contributed by atoms with van der Waals surface area (Å²) in [5, 5.41) is 6.74. The van der Waals surface area contributed by atoms with E-state index >= 15 is 0 Å². The molecule has 0 atom stereocenters. The molecule has 0 saturated heterocycles. The van der Waals surface area contributed by atoms with E-state index in [0.717, 1.165) is 10.0 Å². The summed E-state index contributed by atoms with van der Waals surface area (Å²) < 4.78 is 6.05. The van der Waals surface area contributed by atoms with Gasteiger partial charge in [-0.15, -0.1) is 0 Å². The van der Waals surface area contributed by atoms with Crippen LogP contribution in [-0.2, 0) is 0 Å². The highest BCUT2D eigenvalue weighted by Crippen LogP contribution is 2.15. The van der Waals surface area contributed by atoms with Crippen molar-refractivity contribution in [2.24, 2.45) is 5.10 Å². The summed E-state index contributed by atoms with van der Waals surface area (Å²) >= 11 is 3.36. The fourth-order valence-electron chi connectivity index (χ4n) is 2.43. The van der Waals surface area contributed by atoms with Gasteiger partial charge in [0.2, 0.25) is 0 Å². The molecule has 0 heterocycles. The predicted molar refractivity (Wildman–Crippen MR) is 117 cm³/mol. The van der Waals surface area contributed by atoms with Crippen molar-refractivity contribution in [3.8, 4) is 5.75 Å². The normalized spacial score (nSPS) is 10.6. The SMILES string of the molecule is COc1ccc(C(=O)Nc2ccc(C(=O)NN=Cc3ccc(Br)cc3)cc2)cc1. The van der Waals surface area contributed by atoms with Crippen LogP contribution in [0.15, 0.2) is 82.4 Å². The Morgan fingerprint density at radius 1 is 0.862 bits per heavy atom. The third-order valence-corrected chi connectivity index (χ3v) is 4.54. The molecule has 0 fully saturated rings. The number of amides is 2. The summed E-state index contributed by atoms with van der Waals surface area (Å²) in [7, 11) is 1.57. The molecule has 0 aliphatic rings. The minimum atomic E-state index is -0.341. The van der Waals surface area contributed by atoms with Crippen LogP contribution in [0.1, 0.15) is 26.3 Å². The number of carbonyl (C=O) groups excluding carboxylic acids is 2. The van der Waals surface area contributed by atoms with Crippen LogP contribution in [-0.4, -0.2) is 25.1 Å². The highest BCUT2D eigenvalue weighted by Gasteiger charge is 2.08. The number of anilines is 1. The van der Waals surface area contributed by atoms with Gasteiger partial charge in [0.05, 0.1) is 13.3 Å². The molecule has 0 bridgehead atoms. The molecule has 3 rings (SSSR count). The number of carbonyl (C=O) groups is 2. The zero-order valence-electron chi connectivity index (χ0n) is 15.6. The maximum Gasteiger partial charge on any atom is 0.271 e. The van der Waals surface area contributed by atoms with Gasteiger partial charge in [0.25, 0.3) is 11.8 Å². The monoisotopic (exact) mass is 451 g/mol. The van der Waals surface area contributed by atoms with Gasteiger partial charge in [-0.05, 0) is 66.2 Å². The fourth-order valence-corrected chi connectivity index (χ4v) is 2.69. The quantitative estimate of drug-likeness (QED) is 0.428. The first-order valence-electron chi connectivity index (χ1n) is 8.69. The Kier molecular flexibility index (Phi) is 6.76. The lowest BCUT2D eigenvalue weighted by Gasteiger charge is -2.07. The topological polar surface area (TPSA) is 79.8 Å². The molecule has 29 heavy (non-hydrogen) atoms. The van der Waals surface area contributed by atoms with Gasteiger partial charge in [-0.1, -0.05) is 28.1 Å². The van der Waals surface area contributed by atoms with E-state index in [0.29, 0.717) is 22.6 Å². The standard InChI is InChI=1S/C22H18BrN3O3/c1-29-20-12-6-16(7-13-20)21(27)25-19-10-4-17(5-11-19)22(28)26-24-14-15-2-8-18(23)9-3-15/h2-14H,1H3,(H,25,27)(H,26,28). The Labute approximate surface area is 176 Å². The number of hydrogen-bond acceptors (Lipinski definition) is 4. The van der Waals surface area contributed by atoms with Crippen molar-refractivity contribution < 1.29 is 14.3 Å². The number of methoxy groups -OCH3 is 1. The average Bonchev–Trinajstić information content (AvgIpc) is 2.75. The first-order chi connectivity index (χ1) is 14.0. The lowest BCUT2D eigenvalue weighted by atomic mass is 10.1. The van der Waals surface area contributed by atoms with Crippen molar-refractivity contribution >= 4 is 39.6 Å². The molecule has 2 N–H and O–H groups in total. The molecular formula is C22H18BrN3O3. The summed E-state index contributed by atoms with van der Waals surface area (Å²) in [5.74, 6) is 0.0926. The van der Waals surface area contributed by atoms with Gasteiger partial charge in [0.1, 0.15) is 5.75 Å². The van der Waals surface area contributed by atoms with Crippen molar-refractivity contribution in [3.63, 3.8) is 0 Å². The minimum absolute atomic E-state index is 0.246. The summed E-state index contributed by atoms with van der Waals surface area (Å²) in [5.41, 5.74) is 4.87. The number of benzene rings is 3. The van der Waals surface area contributed by atoms with Gasteiger partial charge in [-0.2, -0.15) is 5.10 Å². The Morgan fingerprint density at radius 3 is 2.07 bits per heavy atom. The summed E-state index contributed by atoms with van der Waals surface area (Å²) in [6, 6.07) is 20.9. The molecule has 2 amide bonds. The molecule has 0 radical (unpaired) electrons. The van der Waals surface area contributed by atoms with Crippen LogP contribution in [0, 0.1) is 0 Å². The van der Waals surface area contributed by atoms with E-state index in [1.54, 1.807) is 61.9 Å². The minimum Gasteiger partial charge on any atom is -0.497 e. The van der Waals surface area contributed by atoms with Crippen LogP contribution in [0.4, 0.5) is 5.69 Å². The number of hydrazone groups is 1. The molecule has 0 spiro atoms. The maximum atomic E-state index is 12.3. The highest BCUT2D eigenvalue weighted by molar-refractivity contribution is 9.10.